The maximum absolute atomic E-state index is 11.9. The van der Waals surface area contributed by atoms with Gasteiger partial charge in [0, 0.05) is 39.3 Å². The van der Waals surface area contributed by atoms with Crippen LogP contribution in [0, 0.1) is 0 Å². The van der Waals surface area contributed by atoms with Gasteiger partial charge in [-0.3, -0.25) is 0 Å². The zero-order valence-corrected chi connectivity index (χ0v) is 27.8. The minimum Gasteiger partial charge on any atom is -0.493 e. The van der Waals surface area contributed by atoms with Gasteiger partial charge in [-0.1, -0.05) is 91.7 Å². The number of benzene rings is 2. The average molecular weight is 600 g/mol. The van der Waals surface area contributed by atoms with Gasteiger partial charge in [0.2, 0.25) is 11.4 Å². The number of aryl methyl sites for hydroxylation is 4. The molecule has 0 aliphatic carbocycles. The van der Waals surface area contributed by atoms with E-state index in [0.717, 1.165) is 61.9 Å². The Balaban J connectivity index is 0.00000588. The van der Waals surface area contributed by atoms with Crippen LogP contribution in [-0.2, 0) is 42.2 Å². The zero-order valence-electron chi connectivity index (χ0n) is 26.8. The fourth-order valence-corrected chi connectivity index (χ4v) is 5.93. The summed E-state index contributed by atoms with van der Waals surface area (Å²) in [6.45, 7) is 11.3. The Bertz CT molecular complexity index is 1100. The number of rotatable bonds is 19. The number of hydrogen-bond acceptors (Lipinski definition) is 0. The molecule has 0 amide bonds. The fourth-order valence-electron chi connectivity index (χ4n) is 5.93. The van der Waals surface area contributed by atoms with Crippen molar-refractivity contribution in [2.75, 3.05) is 0 Å². The van der Waals surface area contributed by atoms with E-state index in [1.807, 2.05) is 0 Å². The number of allylic oxidation sites excluding steroid dienone is 2. The molecule has 0 N–H and O–H groups in total. The Morgan fingerprint density at radius 1 is 0.488 bits per heavy atom. The average Bonchev–Trinajstić information content (AvgIpc) is 3.29. The summed E-state index contributed by atoms with van der Waals surface area (Å²) in [5.74, 6) is 0. The minimum atomic E-state index is 0. The molecule has 0 radical (unpaired) electrons. The van der Waals surface area contributed by atoms with Crippen LogP contribution in [0.4, 0.5) is 0 Å². The first-order valence-corrected chi connectivity index (χ1v) is 16.7. The third-order valence-corrected chi connectivity index (χ3v) is 8.31. The van der Waals surface area contributed by atoms with E-state index in [1.54, 1.807) is 0 Å². The Labute approximate surface area is 262 Å². The molecule has 2 nitrogen and oxygen atoms in total. The van der Waals surface area contributed by atoms with Crippen LogP contribution in [0.15, 0.2) is 48.0 Å². The van der Waals surface area contributed by atoms with E-state index in [1.165, 1.54) is 102 Å². The van der Waals surface area contributed by atoms with Gasteiger partial charge in [-0.05, 0) is 111 Å². The third-order valence-electron chi connectivity index (χ3n) is 8.31. The molecule has 0 saturated heterocycles. The molecule has 0 spiro atoms. The van der Waals surface area contributed by atoms with Crippen molar-refractivity contribution in [2.45, 2.75) is 144 Å². The summed E-state index contributed by atoms with van der Waals surface area (Å²) >= 11 is 0. The SMILES string of the molecule is CCCCCc1cc(CCCCC)cc(C2=C(CCCC)C=C(c3cc(CCCC)cc(CCCC)c3)[N+]2=[N-])c1.[Ni]. The van der Waals surface area contributed by atoms with Crippen LogP contribution in [0.2, 0.25) is 0 Å². The van der Waals surface area contributed by atoms with Gasteiger partial charge in [-0.25, -0.2) is 4.70 Å². The van der Waals surface area contributed by atoms with E-state index >= 15 is 0 Å². The van der Waals surface area contributed by atoms with E-state index in [0.29, 0.717) is 0 Å². The first kappa shape index (κ1) is 35.2. The molecule has 0 bridgehead atoms. The summed E-state index contributed by atoms with van der Waals surface area (Å²) < 4.78 is 1.54. The maximum atomic E-state index is 11.9. The minimum absolute atomic E-state index is 0. The largest absolute Gasteiger partial charge is 0.493 e. The zero-order chi connectivity index (χ0) is 28.7. The summed E-state index contributed by atoms with van der Waals surface area (Å²) in [4.78, 5) is 0. The van der Waals surface area contributed by atoms with Crippen molar-refractivity contribution in [3.05, 3.63) is 87.0 Å². The standard InChI is InChI=1S/C38H56N2.Ni/c1-6-11-16-20-32-24-33(21-17-12-7-2)28-36(27-32)38-34(22-15-10-5)29-37(40(38)39)35-25-30(18-13-8-3)23-31(26-35)19-14-9-4;/h23-29H,6-22H2,1-5H3;. The molecular formula is C38H56N2Ni. The molecule has 0 atom stereocenters. The van der Waals surface area contributed by atoms with Crippen molar-refractivity contribution in [3.63, 3.8) is 0 Å². The molecule has 2 aromatic rings. The molecule has 2 aromatic carbocycles. The van der Waals surface area contributed by atoms with Crippen LogP contribution in [0.25, 0.3) is 16.9 Å². The van der Waals surface area contributed by atoms with Crippen molar-refractivity contribution in [1.82, 2.24) is 0 Å². The Hall–Kier alpha value is -1.99. The fraction of sp³-hybridized carbons (Fsp3) is 0.579. The second kappa shape index (κ2) is 19.2. The van der Waals surface area contributed by atoms with Gasteiger partial charge in [-0.15, -0.1) is 0 Å². The van der Waals surface area contributed by atoms with Crippen molar-refractivity contribution in [1.29, 1.82) is 0 Å². The van der Waals surface area contributed by atoms with Gasteiger partial charge >= 0.3 is 0 Å². The third kappa shape index (κ3) is 10.7. The topological polar surface area (TPSA) is 25.3 Å². The molecule has 0 aromatic heterocycles. The number of unbranched alkanes of at least 4 members (excludes halogenated alkanes) is 7. The first-order chi connectivity index (χ1) is 19.5. The van der Waals surface area contributed by atoms with Crippen molar-refractivity contribution < 1.29 is 21.2 Å². The predicted molar refractivity (Wildman–Crippen MR) is 175 cm³/mol. The molecule has 228 valence electrons. The molecular weight excluding hydrogens is 543 g/mol. The molecule has 1 aliphatic heterocycles. The molecule has 41 heavy (non-hydrogen) atoms. The molecule has 0 unspecified atom stereocenters. The summed E-state index contributed by atoms with van der Waals surface area (Å²) in [5, 5.41) is 0. The molecule has 1 heterocycles. The first-order valence-electron chi connectivity index (χ1n) is 16.7. The Morgan fingerprint density at radius 2 is 0.878 bits per heavy atom. The molecule has 3 heteroatoms. The van der Waals surface area contributed by atoms with Crippen LogP contribution >= 0.6 is 0 Å². The molecule has 0 saturated carbocycles. The summed E-state index contributed by atoms with van der Waals surface area (Å²) in [7, 11) is 0. The van der Waals surface area contributed by atoms with Crippen molar-refractivity contribution >= 4 is 11.4 Å². The van der Waals surface area contributed by atoms with Crippen LogP contribution in [-0.4, -0.2) is 4.70 Å². The van der Waals surface area contributed by atoms with Crippen molar-refractivity contribution in [2.24, 2.45) is 0 Å². The molecule has 0 fully saturated rings. The van der Waals surface area contributed by atoms with E-state index in [-0.39, 0.29) is 16.5 Å². The smallest absolute Gasteiger partial charge is 0.210 e. The molecule has 3 rings (SSSR count). The van der Waals surface area contributed by atoms with Gasteiger partial charge in [-0.2, -0.15) is 0 Å². The van der Waals surface area contributed by atoms with Gasteiger partial charge in [0.1, 0.15) is 0 Å². The molecule has 1 aliphatic rings. The maximum Gasteiger partial charge on any atom is 0.210 e. The second-order valence-corrected chi connectivity index (χ2v) is 12.0. The van der Waals surface area contributed by atoms with Crippen molar-refractivity contribution in [3.8, 4) is 0 Å². The van der Waals surface area contributed by atoms with Gasteiger partial charge in [0.05, 0.1) is 0 Å². The van der Waals surface area contributed by atoms with Crippen LogP contribution in [0.3, 0.4) is 0 Å². The monoisotopic (exact) mass is 598 g/mol. The Morgan fingerprint density at radius 3 is 1.32 bits per heavy atom. The normalized spacial score (nSPS) is 13.1. The van der Waals surface area contributed by atoms with E-state index in [2.05, 4.69) is 77.1 Å². The van der Waals surface area contributed by atoms with Crippen LogP contribution in [0.5, 0.6) is 0 Å². The summed E-state index contributed by atoms with van der Waals surface area (Å²) in [6.07, 6.45) is 22.3. The quantitative estimate of drug-likeness (QED) is 0.0872. The van der Waals surface area contributed by atoms with Gasteiger partial charge in [0.25, 0.3) is 0 Å². The number of nitrogens with zero attached hydrogens (tertiary/aromatic N) is 2. The van der Waals surface area contributed by atoms with E-state index < -0.39 is 0 Å². The van der Waals surface area contributed by atoms with E-state index in [9.17, 15) is 5.53 Å². The van der Waals surface area contributed by atoms with Gasteiger partial charge < -0.3 is 5.53 Å². The predicted octanol–water partition coefficient (Wildman–Crippen LogP) is 11.8. The van der Waals surface area contributed by atoms with Crippen LogP contribution in [0.1, 0.15) is 151 Å². The summed E-state index contributed by atoms with van der Waals surface area (Å²) in [5.41, 5.74) is 23.1. The Kier molecular flexibility index (Phi) is 16.5. The van der Waals surface area contributed by atoms with Gasteiger partial charge in [0.15, 0.2) is 0 Å². The summed E-state index contributed by atoms with van der Waals surface area (Å²) in [6, 6.07) is 14.2. The van der Waals surface area contributed by atoms with Crippen LogP contribution < -0.4 is 0 Å². The van der Waals surface area contributed by atoms with E-state index in [4.69, 9.17) is 0 Å². The second-order valence-electron chi connectivity index (χ2n) is 12.0. The number of hydrogen-bond donors (Lipinski definition) is 0.